The van der Waals surface area contributed by atoms with Gasteiger partial charge in [0.15, 0.2) is 0 Å². The molecule has 27 heavy (non-hydrogen) atoms. The Morgan fingerprint density at radius 1 is 0.667 bits per heavy atom. The first kappa shape index (κ1) is 19.0. The number of rotatable bonds is 8. The summed E-state index contributed by atoms with van der Waals surface area (Å²) in [5.74, 6) is 0.942. The molecule has 0 amide bonds. The molecule has 0 N–H and O–H groups in total. The summed E-state index contributed by atoms with van der Waals surface area (Å²) in [5, 5.41) is 0. The Morgan fingerprint density at radius 3 is 1.78 bits per heavy atom. The van der Waals surface area contributed by atoms with Crippen molar-refractivity contribution in [1.29, 1.82) is 0 Å². The fourth-order valence-corrected chi connectivity index (χ4v) is 3.34. The van der Waals surface area contributed by atoms with Crippen molar-refractivity contribution in [3.8, 4) is 5.75 Å². The van der Waals surface area contributed by atoms with Gasteiger partial charge in [-0.2, -0.15) is 0 Å². The summed E-state index contributed by atoms with van der Waals surface area (Å²) < 4.78 is 5.84. The van der Waals surface area contributed by atoms with E-state index in [0.717, 1.165) is 31.6 Å². The number of benzene rings is 3. The quantitative estimate of drug-likeness (QED) is 0.305. The molecule has 0 aromatic heterocycles. The first-order valence-electron chi connectivity index (χ1n) is 9.90. The SMILES string of the molecule is CCCCOc1ccc(C(=C(CC)c2ccccc2)c2ccccc2)cc1. The van der Waals surface area contributed by atoms with Crippen molar-refractivity contribution in [2.45, 2.75) is 33.1 Å². The predicted molar refractivity (Wildman–Crippen MR) is 116 cm³/mol. The van der Waals surface area contributed by atoms with Gasteiger partial charge in [0, 0.05) is 0 Å². The number of allylic oxidation sites excluding steroid dienone is 1. The molecule has 0 heterocycles. The van der Waals surface area contributed by atoms with Gasteiger partial charge in [0.25, 0.3) is 0 Å². The Kier molecular flexibility index (Phi) is 6.87. The molecule has 0 saturated heterocycles. The number of ether oxygens (including phenoxy) is 1. The van der Waals surface area contributed by atoms with Crippen molar-refractivity contribution in [3.05, 3.63) is 102 Å². The lowest BCUT2D eigenvalue weighted by atomic mass is 9.88. The second-order valence-corrected chi connectivity index (χ2v) is 6.67. The minimum Gasteiger partial charge on any atom is -0.494 e. The third-order valence-electron chi connectivity index (χ3n) is 4.75. The summed E-state index contributed by atoms with van der Waals surface area (Å²) >= 11 is 0. The third kappa shape index (κ3) is 4.89. The molecule has 0 radical (unpaired) electrons. The monoisotopic (exact) mass is 356 g/mol. The van der Waals surface area contributed by atoms with Crippen LogP contribution in [0.5, 0.6) is 5.75 Å². The van der Waals surface area contributed by atoms with E-state index < -0.39 is 0 Å². The Morgan fingerprint density at radius 2 is 1.22 bits per heavy atom. The molecular weight excluding hydrogens is 328 g/mol. The molecule has 0 saturated carbocycles. The van der Waals surface area contributed by atoms with Crippen LogP contribution in [0.25, 0.3) is 11.1 Å². The molecule has 0 fully saturated rings. The van der Waals surface area contributed by atoms with Gasteiger partial charge >= 0.3 is 0 Å². The van der Waals surface area contributed by atoms with Crippen LogP contribution in [0.1, 0.15) is 49.8 Å². The van der Waals surface area contributed by atoms with E-state index in [-0.39, 0.29) is 0 Å². The van der Waals surface area contributed by atoms with Crippen LogP contribution in [0.4, 0.5) is 0 Å². The molecule has 1 heteroatoms. The molecule has 0 aliphatic carbocycles. The summed E-state index contributed by atoms with van der Waals surface area (Å²) in [5.41, 5.74) is 6.41. The highest BCUT2D eigenvalue weighted by Gasteiger charge is 2.12. The Hall–Kier alpha value is -2.80. The smallest absolute Gasteiger partial charge is 0.119 e. The van der Waals surface area contributed by atoms with E-state index in [9.17, 15) is 0 Å². The van der Waals surface area contributed by atoms with Crippen molar-refractivity contribution in [3.63, 3.8) is 0 Å². The third-order valence-corrected chi connectivity index (χ3v) is 4.75. The van der Waals surface area contributed by atoms with Crippen molar-refractivity contribution in [1.82, 2.24) is 0 Å². The molecular formula is C26H28O. The van der Waals surface area contributed by atoms with E-state index in [4.69, 9.17) is 4.74 Å². The summed E-state index contributed by atoms with van der Waals surface area (Å²) in [6.45, 7) is 5.19. The zero-order valence-electron chi connectivity index (χ0n) is 16.3. The van der Waals surface area contributed by atoms with Crippen molar-refractivity contribution in [2.24, 2.45) is 0 Å². The van der Waals surface area contributed by atoms with Gasteiger partial charge in [-0.1, -0.05) is 93.1 Å². The minimum atomic E-state index is 0.779. The van der Waals surface area contributed by atoms with Crippen LogP contribution in [0, 0.1) is 0 Å². The molecule has 0 spiro atoms. The van der Waals surface area contributed by atoms with Crippen LogP contribution < -0.4 is 4.74 Å². The summed E-state index contributed by atoms with van der Waals surface area (Å²) in [6.07, 6.45) is 3.21. The van der Waals surface area contributed by atoms with Crippen LogP contribution in [0.15, 0.2) is 84.9 Å². The highest BCUT2D eigenvalue weighted by atomic mass is 16.5. The van der Waals surface area contributed by atoms with Gasteiger partial charge in [0.2, 0.25) is 0 Å². The van der Waals surface area contributed by atoms with E-state index in [1.54, 1.807) is 0 Å². The van der Waals surface area contributed by atoms with Crippen LogP contribution in [-0.4, -0.2) is 6.61 Å². The average Bonchev–Trinajstić information content (AvgIpc) is 2.74. The summed E-state index contributed by atoms with van der Waals surface area (Å²) in [6, 6.07) is 29.9. The van der Waals surface area contributed by atoms with Crippen molar-refractivity contribution in [2.75, 3.05) is 6.61 Å². The fraction of sp³-hybridized carbons (Fsp3) is 0.231. The summed E-state index contributed by atoms with van der Waals surface area (Å²) in [4.78, 5) is 0. The van der Waals surface area contributed by atoms with Crippen LogP contribution >= 0.6 is 0 Å². The van der Waals surface area contributed by atoms with Gasteiger partial charge in [-0.05, 0) is 52.8 Å². The zero-order valence-corrected chi connectivity index (χ0v) is 16.3. The normalized spacial score (nSPS) is 11.8. The van der Waals surface area contributed by atoms with Gasteiger partial charge in [0.1, 0.15) is 5.75 Å². The first-order chi connectivity index (χ1) is 13.3. The molecule has 3 rings (SSSR count). The molecule has 1 nitrogen and oxygen atoms in total. The molecule has 0 unspecified atom stereocenters. The molecule has 0 atom stereocenters. The van der Waals surface area contributed by atoms with E-state index in [1.807, 2.05) is 0 Å². The zero-order chi connectivity index (χ0) is 18.9. The van der Waals surface area contributed by atoms with E-state index in [2.05, 4.69) is 98.8 Å². The molecule has 3 aromatic rings. The van der Waals surface area contributed by atoms with Gasteiger partial charge in [-0.15, -0.1) is 0 Å². The van der Waals surface area contributed by atoms with E-state index >= 15 is 0 Å². The lowest BCUT2D eigenvalue weighted by Gasteiger charge is -2.17. The van der Waals surface area contributed by atoms with Gasteiger partial charge < -0.3 is 4.74 Å². The van der Waals surface area contributed by atoms with Crippen molar-refractivity contribution < 1.29 is 4.74 Å². The lowest BCUT2D eigenvalue weighted by molar-refractivity contribution is 0.309. The van der Waals surface area contributed by atoms with E-state index in [0.29, 0.717) is 0 Å². The lowest BCUT2D eigenvalue weighted by Crippen LogP contribution is -1.98. The highest BCUT2D eigenvalue weighted by Crippen LogP contribution is 2.34. The number of unbranched alkanes of at least 4 members (excludes halogenated alkanes) is 1. The highest BCUT2D eigenvalue weighted by molar-refractivity contribution is 5.98. The number of hydrogen-bond acceptors (Lipinski definition) is 1. The standard InChI is InChI=1S/C26H28O/c1-3-5-20-27-24-18-16-23(17-19-24)26(22-14-10-7-11-15-22)25(4-2)21-12-8-6-9-13-21/h6-19H,3-5,20H2,1-2H3. The topological polar surface area (TPSA) is 9.23 Å². The molecule has 0 aliphatic rings. The van der Waals surface area contributed by atoms with Crippen LogP contribution in [0.2, 0.25) is 0 Å². The van der Waals surface area contributed by atoms with Crippen LogP contribution in [0.3, 0.4) is 0 Å². The molecule has 0 bridgehead atoms. The van der Waals surface area contributed by atoms with Crippen molar-refractivity contribution >= 4 is 11.1 Å². The van der Waals surface area contributed by atoms with Gasteiger partial charge in [-0.3, -0.25) is 0 Å². The maximum atomic E-state index is 5.84. The maximum Gasteiger partial charge on any atom is 0.119 e. The van der Waals surface area contributed by atoms with Crippen LogP contribution in [-0.2, 0) is 0 Å². The second-order valence-electron chi connectivity index (χ2n) is 6.67. The Balaban J connectivity index is 2.04. The molecule has 0 aliphatic heterocycles. The first-order valence-corrected chi connectivity index (χ1v) is 9.90. The minimum absolute atomic E-state index is 0.779. The molecule has 138 valence electrons. The molecule has 3 aromatic carbocycles. The fourth-order valence-electron chi connectivity index (χ4n) is 3.34. The average molecular weight is 357 g/mol. The summed E-state index contributed by atoms with van der Waals surface area (Å²) in [7, 11) is 0. The largest absolute Gasteiger partial charge is 0.494 e. The number of hydrogen-bond donors (Lipinski definition) is 0. The maximum absolute atomic E-state index is 5.84. The van der Waals surface area contributed by atoms with Gasteiger partial charge in [0.05, 0.1) is 6.61 Å². The Labute approximate surface area is 163 Å². The second kappa shape index (κ2) is 9.78. The predicted octanol–water partition coefficient (Wildman–Crippen LogP) is 7.23. The Bertz CT molecular complexity index is 846. The van der Waals surface area contributed by atoms with E-state index in [1.165, 1.54) is 27.8 Å². The van der Waals surface area contributed by atoms with Gasteiger partial charge in [-0.25, -0.2) is 0 Å².